The van der Waals surface area contributed by atoms with Gasteiger partial charge in [-0.25, -0.2) is 13.9 Å². The lowest BCUT2D eigenvalue weighted by molar-refractivity contribution is 0.102. The van der Waals surface area contributed by atoms with Crippen LogP contribution in [0, 0.1) is 5.82 Å². The van der Waals surface area contributed by atoms with Gasteiger partial charge in [0.2, 0.25) is 0 Å². The number of rotatable bonds is 6. The number of aryl methyl sites for hydroxylation is 1. The number of nitrogens with one attached hydrogen (secondary N) is 1. The molecule has 0 saturated carbocycles. The third-order valence-electron chi connectivity index (χ3n) is 5.06. The molecule has 5 aromatic rings. The van der Waals surface area contributed by atoms with Gasteiger partial charge in [-0.05, 0) is 46.6 Å². The molecule has 1 N–H and O–H groups in total. The molecule has 172 valence electrons. The van der Waals surface area contributed by atoms with Crippen molar-refractivity contribution in [3.05, 3.63) is 81.6 Å². The number of hydrogen-bond donors (Lipinski definition) is 1. The average molecular weight is 544 g/mol. The zero-order valence-electron chi connectivity index (χ0n) is 17.8. The Morgan fingerprint density at radius 1 is 1.15 bits per heavy atom. The second kappa shape index (κ2) is 8.99. The summed E-state index contributed by atoms with van der Waals surface area (Å²) >= 11 is 9.79. The highest BCUT2D eigenvalue weighted by atomic mass is 79.9. The number of carbonyl (C=O) groups is 1. The van der Waals surface area contributed by atoms with E-state index in [4.69, 9.17) is 11.6 Å². The minimum atomic E-state index is -0.493. The lowest BCUT2D eigenvalue weighted by Gasteiger charge is -2.02. The van der Waals surface area contributed by atoms with Crippen molar-refractivity contribution in [1.82, 2.24) is 34.2 Å². The predicted octanol–water partition coefficient (Wildman–Crippen LogP) is 4.66. The summed E-state index contributed by atoms with van der Waals surface area (Å²) < 4.78 is 19.1. The number of aromatic nitrogens is 7. The number of benzene rings is 1. The van der Waals surface area contributed by atoms with Crippen LogP contribution in [0.5, 0.6) is 0 Å². The molecule has 0 aliphatic rings. The quantitative estimate of drug-likeness (QED) is 0.336. The summed E-state index contributed by atoms with van der Waals surface area (Å²) in [4.78, 5) is 17.2. The molecule has 5 rings (SSSR count). The van der Waals surface area contributed by atoms with Gasteiger partial charge in [-0.2, -0.15) is 15.3 Å². The highest BCUT2D eigenvalue weighted by Gasteiger charge is 2.19. The molecule has 0 unspecified atom stereocenters. The molecule has 0 fully saturated rings. The Morgan fingerprint density at radius 2 is 2.00 bits per heavy atom. The molecule has 12 heteroatoms. The fourth-order valence-electron chi connectivity index (χ4n) is 3.47. The Kier molecular flexibility index (Phi) is 5.88. The van der Waals surface area contributed by atoms with Crippen LogP contribution >= 0.6 is 27.5 Å². The molecule has 1 amide bonds. The van der Waals surface area contributed by atoms with E-state index in [0.717, 1.165) is 4.47 Å². The van der Waals surface area contributed by atoms with Crippen LogP contribution in [0.2, 0.25) is 5.02 Å². The first-order valence-corrected chi connectivity index (χ1v) is 11.4. The standard InChI is InChI=1S/C22H17BrClFN8O/c1-2-31-11-15(23)20(29-31)18-6-7-26-19-9-17(28-33(18)19)22(34)27-21-16(24)12-32(30-21)10-13-4-3-5-14(25)8-13/h3-9,11-12H,2,10H2,1H3,(H,27,30,34). The molecular weight excluding hydrogens is 527 g/mol. The molecule has 1 aromatic carbocycles. The van der Waals surface area contributed by atoms with Crippen LogP contribution in [0.25, 0.3) is 17.0 Å². The summed E-state index contributed by atoms with van der Waals surface area (Å²) in [5, 5.41) is 16.2. The van der Waals surface area contributed by atoms with Gasteiger partial charge >= 0.3 is 0 Å². The van der Waals surface area contributed by atoms with Crippen LogP contribution in [0.1, 0.15) is 23.0 Å². The molecule has 0 saturated heterocycles. The smallest absolute Gasteiger partial charge is 0.277 e. The van der Waals surface area contributed by atoms with E-state index in [1.165, 1.54) is 16.8 Å². The number of halogens is 3. The number of nitrogens with zero attached hydrogens (tertiary/aromatic N) is 7. The van der Waals surface area contributed by atoms with Gasteiger partial charge in [0.25, 0.3) is 5.91 Å². The zero-order chi connectivity index (χ0) is 23.8. The van der Waals surface area contributed by atoms with Crippen LogP contribution in [-0.4, -0.2) is 40.1 Å². The van der Waals surface area contributed by atoms with Crippen LogP contribution in [0.15, 0.2) is 59.5 Å². The molecule has 0 spiro atoms. The second-order valence-electron chi connectivity index (χ2n) is 7.42. The summed E-state index contributed by atoms with van der Waals surface area (Å²) in [7, 11) is 0. The third-order valence-corrected chi connectivity index (χ3v) is 5.91. The molecule has 4 aromatic heterocycles. The van der Waals surface area contributed by atoms with E-state index in [1.54, 1.807) is 45.9 Å². The van der Waals surface area contributed by atoms with E-state index in [1.807, 2.05) is 13.1 Å². The van der Waals surface area contributed by atoms with E-state index in [2.05, 4.69) is 41.5 Å². The Morgan fingerprint density at radius 3 is 2.76 bits per heavy atom. The number of carbonyl (C=O) groups excluding carboxylic acids is 1. The maximum Gasteiger partial charge on any atom is 0.277 e. The van der Waals surface area contributed by atoms with Gasteiger partial charge in [0, 0.05) is 31.2 Å². The fraction of sp³-hybridized carbons (Fsp3) is 0.136. The maximum atomic E-state index is 13.4. The first-order valence-electron chi connectivity index (χ1n) is 10.3. The summed E-state index contributed by atoms with van der Waals surface area (Å²) in [5.41, 5.74) is 2.71. The normalized spacial score (nSPS) is 11.3. The van der Waals surface area contributed by atoms with Crippen molar-refractivity contribution in [2.45, 2.75) is 20.0 Å². The Hall–Kier alpha value is -3.57. The van der Waals surface area contributed by atoms with Gasteiger partial charge in [-0.3, -0.25) is 14.2 Å². The monoisotopic (exact) mass is 542 g/mol. The second-order valence-corrected chi connectivity index (χ2v) is 8.68. The fourth-order valence-corrected chi connectivity index (χ4v) is 4.19. The molecule has 9 nitrogen and oxygen atoms in total. The Balaban J connectivity index is 1.40. The maximum absolute atomic E-state index is 13.4. The van der Waals surface area contributed by atoms with Gasteiger partial charge in [0.05, 0.1) is 16.7 Å². The summed E-state index contributed by atoms with van der Waals surface area (Å²) in [6.45, 7) is 3.01. The van der Waals surface area contributed by atoms with Crippen molar-refractivity contribution in [3.8, 4) is 11.4 Å². The Bertz CT molecular complexity index is 1520. The van der Waals surface area contributed by atoms with Gasteiger partial charge < -0.3 is 5.32 Å². The van der Waals surface area contributed by atoms with Crippen molar-refractivity contribution < 1.29 is 9.18 Å². The lowest BCUT2D eigenvalue weighted by atomic mass is 10.2. The Labute approximate surface area is 206 Å². The minimum absolute atomic E-state index is 0.141. The highest BCUT2D eigenvalue weighted by Crippen LogP contribution is 2.27. The molecule has 4 heterocycles. The van der Waals surface area contributed by atoms with Crippen molar-refractivity contribution in [2.24, 2.45) is 0 Å². The number of amides is 1. The van der Waals surface area contributed by atoms with Crippen molar-refractivity contribution in [3.63, 3.8) is 0 Å². The van der Waals surface area contributed by atoms with Crippen LogP contribution in [0.4, 0.5) is 10.2 Å². The van der Waals surface area contributed by atoms with Gasteiger partial charge in [0.1, 0.15) is 16.5 Å². The topological polar surface area (TPSA) is 94.9 Å². The predicted molar refractivity (Wildman–Crippen MR) is 128 cm³/mol. The molecule has 0 aliphatic carbocycles. The minimum Gasteiger partial charge on any atom is -0.302 e. The van der Waals surface area contributed by atoms with Crippen molar-refractivity contribution in [1.29, 1.82) is 0 Å². The molecular formula is C22H17BrClFN8O. The van der Waals surface area contributed by atoms with Crippen LogP contribution in [-0.2, 0) is 13.1 Å². The lowest BCUT2D eigenvalue weighted by Crippen LogP contribution is -2.14. The average Bonchev–Trinajstić information content (AvgIpc) is 3.50. The van der Waals surface area contributed by atoms with Crippen molar-refractivity contribution >= 4 is 44.9 Å². The number of fused-ring (bicyclic) bond motifs is 1. The highest BCUT2D eigenvalue weighted by molar-refractivity contribution is 9.10. The third kappa shape index (κ3) is 4.31. The largest absolute Gasteiger partial charge is 0.302 e. The van der Waals surface area contributed by atoms with E-state index in [9.17, 15) is 9.18 Å². The summed E-state index contributed by atoms with van der Waals surface area (Å²) in [6, 6.07) is 9.53. The van der Waals surface area contributed by atoms with Gasteiger partial charge in [-0.15, -0.1) is 0 Å². The van der Waals surface area contributed by atoms with E-state index in [-0.39, 0.29) is 22.4 Å². The molecule has 0 radical (unpaired) electrons. The van der Waals surface area contributed by atoms with Gasteiger partial charge in [0.15, 0.2) is 17.2 Å². The molecule has 0 aliphatic heterocycles. The first kappa shape index (κ1) is 22.2. The van der Waals surface area contributed by atoms with Crippen LogP contribution < -0.4 is 5.32 Å². The van der Waals surface area contributed by atoms with Crippen LogP contribution in [0.3, 0.4) is 0 Å². The van der Waals surface area contributed by atoms with E-state index in [0.29, 0.717) is 35.7 Å². The van der Waals surface area contributed by atoms with Crippen molar-refractivity contribution in [2.75, 3.05) is 5.32 Å². The van der Waals surface area contributed by atoms with E-state index >= 15 is 0 Å². The van der Waals surface area contributed by atoms with E-state index < -0.39 is 5.91 Å². The zero-order valence-corrected chi connectivity index (χ0v) is 20.1. The molecule has 0 bridgehead atoms. The number of anilines is 1. The summed E-state index contributed by atoms with van der Waals surface area (Å²) in [5.74, 6) is -0.650. The number of hydrogen-bond acceptors (Lipinski definition) is 5. The molecule has 34 heavy (non-hydrogen) atoms. The molecule has 0 atom stereocenters. The first-order chi connectivity index (χ1) is 16.4. The summed E-state index contributed by atoms with van der Waals surface area (Å²) in [6.07, 6.45) is 5.07. The van der Waals surface area contributed by atoms with Gasteiger partial charge in [-0.1, -0.05) is 23.7 Å². The SMILES string of the molecule is CCn1cc(Br)c(-c2ccnc3cc(C(=O)Nc4nn(Cc5cccc(F)c5)cc4Cl)nn23)n1.